The Bertz CT molecular complexity index is 927. The molecular formula is C22H24N2O3. The van der Waals surface area contributed by atoms with Crippen molar-refractivity contribution in [3.8, 4) is 34.0 Å². The molecule has 0 aromatic heterocycles. The largest absolute Gasteiger partial charge is 0.506 e. The highest BCUT2D eigenvalue weighted by molar-refractivity contribution is 5.74. The first-order valence-electron chi connectivity index (χ1n) is 9.51. The number of rotatable bonds is 6. The van der Waals surface area contributed by atoms with Crippen LogP contribution in [0.3, 0.4) is 0 Å². The minimum Gasteiger partial charge on any atom is -0.506 e. The van der Waals surface area contributed by atoms with Crippen LogP contribution in [0.4, 0.5) is 0 Å². The highest BCUT2D eigenvalue weighted by atomic mass is 16.5. The molecule has 140 valence electrons. The molecule has 27 heavy (non-hydrogen) atoms. The maximum Gasteiger partial charge on any atom is 0.188 e. The fourth-order valence-electron chi connectivity index (χ4n) is 3.63. The number of nitrogens with one attached hydrogen (secondary N) is 1. The van der Waals surface area contributed by atoms with E-state index in [2.05, 4.69) is 9.88 Å². The van der Waals surface area contributed by atoms with Gasteiger partial charge in [-0.05, 0) is 74.8 Å². The van der Waals surface area contributed by atoms with Crippen molar-refractivity contribution in [1.29, 1.82) is 0 Å². The van der Waals surface area contributed by atoms with Crippen molar-refractivity contribution in [3.63, 3.8) is 0 Å². The zero-order chi connectivity index (χ0) is 18.6. The van der Waals surface area contributed by atoms with Gasteiger partial charge in [-0.3, -0.25) is 4.79 Å². The van der Waals surface area contributed by atoms with Crippen molar-refractivity contribution in [2.45, 2.75) is 19.3 Å². The third-order valence-electron chi connectivity index (χ3n) is 5.09. The van der Waals surface area contributed by atoms with Crippen LogP contribution in [0, 0.1) is 0 Å². The summed E-state index contributed by atoms with van der Waals surface area (Å²) in [5.41, 5.74) is 2.52. The quantitative estimate of drug-likeness (QED) is 0.654. The maximum atomic E-state index is 11.9. The Morgan fingerprint density at radius 3 is 2.63 bits per heavy atom. The van der Waals surface area contributed by atoms with Gasteiger partial charge in [-0.25, -0.2) is 0 Å². The summed E-state index contributed by atoms with van der Waals surface area (Å²) in [5, 5.41) is 10.3. The molecule has 0 bridgehead atoms. The van der Waals surface area contributed by atoms with Crippen molar-refractivity contribution in [2.75, 3.05) is 26.2 Å². The highest BCUT2D eigenvalue weighted by Gasteiger charge is 2.13. The molecule has 0 amide bonds. The van der Waals surface area contributed by atoms with Crippen LogP contribution in [0.25, 0.3) is 22.5 Å². The van der Waals surface area contributed by atoms with E-state index in [1.54, 1.807) is 6.07 Å². The van der Waals surface area contributed by atoms with E-state index in [-0.39, 0.29) is 11.2 Å². The van der Waals surface area contributed by atoms with E-state index in [1.807, 2.05) is 30.3 Å². The number of aromatic hydroxyl groups is 1. The van der Waals surface area contributed by atoms with E-state index in [1.165, 1.54) is 38.1 Å². The molecule has 5 nitrogen and oxygen atoms in total. The number of likely N-dealkylation sites (tertiary alicyclic amines) is 1. The second kappa shape index (κ2) is 7.84. The minimum atomic E-state index is -0.108. The first kappa shape index (κ1) is 17.6. The zero-order valence-electron chi connectivity index (χ0n) is 15.3. The van der Waals surface area contributed by atoms with Crippen molar-refractivity contribution in [3.05, 3.63) is 58.8 Å². The molecule has 1 aromatic rings. The summed E-state index contributed by atoms with van der Waals surface area (Å²) in [7, 11) is 0. The molecule has 0 spiro atoms. The first-order valence-corrected chi connectivity index (χ1v) is 9.51. The normalized spacial score (nSPS) is 14.7. The molecule has 2 aliphatic heterocycles. The molecule has 1 aromatic carbocycles. The minimum absolute atomic E-state index is 0.0603. The van der Waals surface area contributed by atoms with E-state index in [0.717, 1.165) is 24.3 Å². The second-order valence-electron chi connectivity index (χ2n) is 7.02. The van der Waals surface area contributed by atoms with Crippen molar-refractivity contribution >= 4 is 0 Å². The molecule has 0 atom stereocenters. The van der Waals surface area contributed by atoms with Crippen LogP contribution < -0.4 is 10.2 Å². The number of hydrogen-bond acceptors (Lipinski definition) is 4. The number of aromatic amines is 1. The van der Waals surface area contributed by atoms with Gasteiger partial charge in [0.25, 0.3) is 0 Å². The lowest BCUT2D eigenvalue weighted by atomic mass is 10.0. The maximum absolute atomic E-state index is 11.9. The molecule has 0 unspecified atom stereocenters. The lowest BCUT2D eigenvalue weighted by molar-refractivity contribution is 0.263. The molecule has 0 radical (unpaired) electrons. The van der Waals surface area contributed by atoms with Crippen LogP contribution in [0.2, 0.25) is 0 Å². The number of hydrogen-bond donors (Lipinski definition) is 2. The molecular weight excluding hydrogens is 340 g/mol. The van der Waals surface area contributed by atoms with E-state index in [9.17, 15) is 9.90 Å². The summed E-state index contributed by atoms with van der Waals surface area (Å²) in [6, 6.07) is 14.2. The van der Waals surface area contributed by atoms with Crippen molar-refractivity contribution in [1.82, 2.24) is 9.88 Å². The predicted octanol–water partition coefficient (Wildman–Crippen LogP) is 3.72. The van der Waals surface area contributed by atoms with E-state index in [0.29, 0.717) is 23.6 Å². The third-order valence-corrected chi connectivity index (χ3v) is 5.09. The summed E-state index contributed by atoms with van der Waals surface area (Å²) in [6.07, 6.45) is 3.66. The number of pyridine rings is 1. The van der Waals surface area contributed by atoms with Crippen LogP contribution in [0.1, 0.15) is 19.3 Å². The smallest absolute Gasteiger partial charge is 0.188 e. The molecule has 3 aliphatic rings. The van der Waals surface area contributed by atoms with Crippen LogP contribution in [0.5, 0.6) is 11.5 Å². The average Bonchev–Trinajstić information content (AvgIpc) is 3.20. The zero-order valence-corrected chi connectivity index (χ0v) is 15.3. The number of ether oxygens (including phenoxy) is 1. The summed E-state index contributed by atoms with van der Waals surface area (Å²) < 4.78 is 5.83. The van der Waals surface area contributed by atoms with Gasteiger partial charge in [0.2, 0.25) is 0 Å². The average molecular weight is 364 g/mol. The monoisotopic (exact) mass is 364 g/mol. The van der Waals surface area contributed by atoms with E-state index < -0.39 is 0 Å². The number of aromatic nitrogens is 1. The van der Waals surface area contributed by atoms with Gasteiger partial charge < -0.3 is 19.7 Å². The second-order valence-corrected chi connectivity index (χ2v) is 7.02. The van der Waals surface area contributed by atoms with Gasteiger partial charge in [-0.1, -0.05) is 6.07 Å². The molecule has 2 N–H and O–H groups in total. The topological polar surface area (TPSA) is 65.6 Å². The molecule has 1 aliphatic carbocycles. The molecule has 5 heteroatoms. The number of benzene rings is 2. The molecule has 0 saturated carbocycles. The number of nitrogens with zero attached hydrogens (tertiary/aromatic N) is 1. The summed E-state index contributed by atoms with van der Waals surface area (Å²) in [4.78, 5) is 17.5. The standard InChI is InChI=1S/C22H24N2O3/c25-20-6-3-5-19-18(20)15-21(26)22(23-19)16-7-9-17(10-8-16)27-14-4-13-24-11-1-2-12-24/h3,5-10,15,23,26H,1-2,4,11-14H2. The molecule has 4 rings (SSSR count). The van der Waals surface area contributed by atoms with Gasteiger partial charge in [0, 0.05) is 23.4 Å². The molecule has 2 heterocycles. The van der Waals surface area contributed by atoms with Crippen LogP contribution in [0.15, 0.2) is 53.3 Å². The highest BCUT2D eigenvalue weighted by Crippen LogP contribution is 2.32. The summed E-state index contributed by atoms with van der Waals surface area (Å²) >= 11 is 0. The number of H-pyrrole nitrogens is 1. The van der Waals surface area contributed by atoms with E-state index in [4.69, 9.17) is 4.74 Å². The SMILES string of the molecule is O=c1cccc2[nH]c(-c3ccc(OCCCN4CCCC4)cc3)c(O)cc1-2. The third kappa shape index (κ3) is 3.98. The van der Waals surface area contributed by atoms with Crippen LogP contribution in [-0.4, -0.2) is 41.2 Å². The van der Waals surface area contributed by atoms with Gasteiger partial charge in [0.1, 0.15) is 11.5 Å². The van der Waals surface area contributed by atoms with Crippen LogP contribution in [-0.2, 0) is 0 Å². The van der Waals surface area contributed by atoms with Gasteiger partial charge >= 0.3 is 0 Å². The fraction of sp³-hybridized carbons (Fsp3) is 0.318. The van der Waals surface area contributed by atoms with Gasteiger partial charge in [0.15, 0.2) is 5.43 Å². The fourth-order valence-corrected chi connectivity index (χ4v) is 3.63. The predicted molar refractivity (Wildman–Crippen MR) is 107 cm³/mol. The Morgan fingerprint density at radius 2 is 1.85 bits per heavy atom. The lowest BCUT2D eigenvalue weighted by Crippen LogP contribution is -2.21. The Hall–Kier alpha value is -2.79. The first-order chi connectivity index (χ1) is 13.2. The Kier molecular flexibility index (Phi) is 5.12. The van der Waals surface area contributed by atoms with Gasteiger partial charge in [0.05, 0.1) is 12.3 Å². The molecule has 1 saturated heterocycles. The van der Waals surface area contributed by atoms with Crippen LogP contribution >= 0.6 is 0 Å². The molecule has 1 fully saturated rings. The van der Waals surface area contributed by atoms with Crippen molar-refractivity contribution < 1.29 is 9.84 Å². The Morgan fingerprint density at radius 1 is 1.07 bits per heavy atom. The lowest BCUT2D eigenvalue weighted by Gasteiger charge is -2.15. The van der Waals surface area contributed by atoms with E-state index >= 15 is 0 Å². The number of fused-ring (bicyclic) bond motifs is 1. The van der Waals surface area contributed by atoms with Gasteiger partial charge in [-0.15, -0.1) is 0 Å². The summed E-state index contributed by atoms with van der Waals surface area (Å²) in [5.74, 6) is 0.882. The Labute approximate surface area is 158 Å². The van der Waals surface area contributed by atoms with Crippen molar-refractivity contribution in [2.24, 2.45) is 0 Å². The summed E-state index contributed by atoms with van der Waals surface area (Å²) in [6.45, 7) is 4.23. The van der Waals surface area contributed by atoms with Gasteiger partial charge in [-0.2, -0.15) is 0 Å². The Balaban J connectivity index is 1.43.